The second-order valence-electron chi connectivity index (χ2n) is 5.73. The Bertz CT molecular complexity index is 590. The van der Waals surface area contributed by atoms with Crippen molar-refractivity contribution >= 4 is 0 Å². The van der Waals surface area contributed by atoms with E-state index in [1.54, 1.807) is 18.2 Å². The highest BCUT2D eigenvalue weighted by Crippen LogP contribution is 2.25. The first-order valence-corrected chi connectivity index (χ1v) is 7.44. The van der Waals surface area contributed by atoms with Crippen molar-refractivity contribution in [2.24, 2.45) is 0 Å². The van der Waals surface area contributed by atoms with Gasteiger partial charge in [0.05, 0.1) is 0 Å². The van der Waals surface area contributed by atoms with Gasteiger partial charge in [-0.15, -0.1) is 0 Å². The molecule has 0 spiro atoms. The van der Waals surface area contributed by atoms with Gasteiger partial charge < -0.3 is 5.32 Å². The Kier molecular flexibility index (Phi) is 4.30. The quantitative estimate of drug-likeness (QED) is 0.845. The fourth-order valence-electron chi connectivity index (χ4n) is 2.57. The lowest BCUT2D eigenvalue weighted by Crippen LogP contribution is -2.25. The minimum atomic E-state index is -0.237. The molecular weight excluding hydrogens is 268 g/mol. The lowest BCUT2D eigenvalue weighted by Gasteiger charge is -2.19. The van der Waals surface area contributed by atoms with E-state index in [1.165, 1.54) is 31.0 Å². The summed E-state index contributed by atoms with van der Waals surface area (Å²) in [5.41, 5.74) is 1.76. The Hall–Kier alpha value is -1.74. The average Bonchev–Trinajstić information content (AvgIpc) is 3.31. The molecule has 1 aliphatic rings. The number of hydrogen-bond donors (Lipinski definition) is 1. The summed E-state index contributed by atoms with van der Waals surface area (Å²) in [5.74, 6) is -0.252. The third kappa shape index (κ3) is 3.88. The zero-order valence-corrected chi connectivity index (χ0v) is 11.9. The molecule has 1 N–H and O–H groups in total. The summed E-state index contributed by atoms with van der Waals surface area (Å²) in [7, 11) is 0. The summed E-state index contributed by atoms with van der Waals surface area (Å²) < 4.78 is 27.0. The van der Waals surface area contributed by atoms with E-state index >= 15 is 0 Å². The van der Waals surface area contributed by atoms with E-state index in [1.807, 2.05) is 12.1 Å². The van der Waals surface area contributed by atoms with Gasteiger partial charge in [-0.3, -0.25) is 0 Å². The first-order chi connectivity index (χ1) is 10.2. The zero-order chi connectivity index (χ0) is 14.7. The van der Waals surface area contributed by atoms with Crippen LogP contribution in [0.4, 0.5) is 8.78 Å². The van der Waals surface area contributed by atoms with Gasteiger partial charge in [-0.25, -0.2) is 8.78 Å². The van der Waals surface area contributed by atoms with Crippen molar-refractivity contribution in [3.8, 4) is 0 Å². The van der Waals surface area contributed by atoms with Crippen LogP contribution < -0.4 is 5.32 Å². The Labute approximate surface area is 124 Å². The van der Waals surface area contributed by atoms with Crippen LogP contribution in [0.5, 0.6) is 0 Å². The molecule has 3 rings (SSSR count). The standard InChI is InChI=1S/C18H19F2N/c19-16-7-5-13(6-8-16)15(12-21-17-9-10-17)11-14-3-1-2-4-18(14)20/h1-8,15,17,21H,9-12H2. The maximum absolute atomic E-state index is 13.9. The first kappa shape index (κ1) is 14.2. The van der Waals surface area contributed by atoms with Crippen LogP contribution in [0.2, 0.25) is 0 Å². The van der Waals surface area contributed by atoms with Crippen molar-refractivity contribution in [3.05, 3.63) is 71.3 Å². The zero-order valence-electron chi connectivity index (χ0n) is 11.9. The number of hydrogen-bond acceptors (Lipinski definition) is 1. The topological polar surface area (TPSA) is 12.0 Å². The van der Waals surface area contributed by atoms with Crippen LogP contribution in [0.1, 0.15) is 29.9 Å². The van der Waals surface area contributed by atoms with Gasteiger partial charge in [0.15, 0.2) is 0 Å². The Morgan fingerprint density at radius 2 is 1.71 bits per heavy atom. The van der Waals surface area contributed by atoms with Crippen LogP contribution >= 0.6 is 0 Å². The van der Waals surface area contributed by atoms with Crippen molar-refractivity contribution < 1.29 is 8.78 Å². The van der Waals surface area contributed by atoms with E-state index in [2.05, 4.69) is 5.32 Å². The molecule has 21 heavy (non-hydrogen) atoms. The molecule has 0 aliphatic heterocycles. The molecule has 1 fully saturated rings. The van der Waals surface area contributed by atoms with E-state index in [4.69, 9.17) is 0 Å². The van der Waals surface area contributed by atoms with E-state index < -0.39 is 0 Å². The number of rotatable bonds is 6. The van der Waals surface area contributed by atoms with Crippen LogP contribution in [-0.2, 0) is 6.42 Å². The second kappa shape index (κ2) is 6.35. The summed E-state index contributed by atoms with van der Waals surface area (Å²) >= 11 is 0. The summed E-state index contributed by atoms with van der Waals surface area (Å²) in [5, 5.41) is 3.49. The SMILES string of the molecule is Fc1ccc(C(CNC2CC2)Cc2ccccc2F)cc1. The van der Waals surface area contributed by atoms with Gasteiger partial charge in [-0.05, 0) is 48.6 Å². The molecule has 1 atom stereocenters. The molecule has 0 radical (unpaired) electrons. The molecule has 1 saturated carbocycles. The van der Waals surface area contributed by atoms with Crippen molar-refractivity contribution in [3.63, 3.8) is 0 Å². The van der Waals surface area contributed by atoms with Crippen molar-refractivity contribution in [2.45, 2.75) is 31.2 Å². The molecule has 0 amide bonds. The van der Waals surface area contributed by atoms with Crippen molar-refractivity contribution in [1.29, 1.82) is 0 Å². The van der Waals surface area contributed by atoms with E-state index in [9.17, 15) is 8.78 Å². The highest BCUT2D eigenvalue weighted by Gasteiger charge is 2.23. The molecular formula is C18H19F2N. The van der Waals surface area contributed by atoms with E-state index in [-0.39, 0.29) is 17.6 Å². The number of nitrogens with one attached hydrogen (secondary N) is 1. The summed E-state index contributed by atoms with van der Waals surface area (Å²) in [6.45, 7) is 0.796. The molecule has 0 heterocycles. The van der Waals surface area contributed by atoms with Crippen LogP contribution in [0.3, 0.4) is 0 Å². The smallest absolute Gasteiger partial charge is 0.126 e. The summed E-state index contributed by atoms with van der Waals surface area (Å²) in [6, 6.07) is 14.0. The van der Waals surface area contributed by atoms with Gasteiger partial charge in [-0.1, -0.05) is 30.3 Å². The fourth-order valence-corrected chi connectivity index (χ4v) is 2.57. The number of benzene rings is 2. The Morgan fingerprint density at radius 1 is 1.00 bits per heavy atom. The van der Waals surface area contributed by atoms with Gasteiger partial charge >= 0.3 is 0 Å². The Morgan fingerprint density at radius 3 is 2.38 bits per heavy atom. The molecule has 1 nitrogen and oxygen atoms in total. The first-order valence-electron chi connectivity index (χ1n) is 7.44. The molecule has 110 valence electrons. The van der Waals surface area contributed by atoms with Crippen molar-refractivity contribution in [2.75, 3.05) is 6.54 Å². The Balaban J connectivity index is 1.77. The lowest BCUT2D eigenvalue weighted by atomic mass is 9.91. The highest BCUT2D eigenvalue weighted by atomic mass is 19.1. The van der Waals surface area contributed by atoms with Gasteiger partial charge in [0, 0.05) is 18.5 Å². The predicted octanol–water partition coefficient (Wildman–Crippen LogP) is 4.04. The molecule has 1 unspecified atom stereocenters. The molecule has 0 saturated heterocycles. The summed E-state index contributed by atoms with van der Waals surface area (Å²) in [4.78, 5) is 0. The number of halogens is 2. The minimum Gasteiger partial charge on any atom is -0.313 e. The highest BCUT2D eigenvalue weighted by molar-refractivity contribution is 5.26. The summed E-state index contributed by atoms with van der Waals surface area (Å²) in [6.07, 6.45) is 3.06. The molecule has 2 aromatic carbocycles. The van der Waals surface area contributed by atoms with Gasteiger partial charge in [0.1, 0.15) is 11.6 Å². The van der Waals surface area contributed by atoms with Crippen molar-refractivity contribution in [1.82, 2.24) is 5.32 Å². The molecule has 1 aliphatic carbocycles. The fraction of sp³-hybridized carbons (Fsp3) is 0.333. The van der Waals surface area contributed by atoms with Gasteiger partial charge in [-0.2, -0.15) is 0 Å². The largest absolute Gasteiger partial charge is 0.313 e. The maximum atomic E-state index is 13.9. The third-order valence-electron chi connectivity index (χ3n) is 4.00. The van der Waals surface area contributed by atoms with Crippen LogP contribution in [-0.4, -0.2) is 12.6 Å². The second-order valence-corrected chi connectivity index (χ2v) is 5.73. The maximum Gasteiger partial charge on any atom is 0.126 e. The molecule has 2 aromatic rings. The lowest BCUT2D eigenvalue weighted by molar-refractivity contribution is 0.551. The minimum absolute atomic E-state index is 0.156. The predicted molar refractivity (Wildman–Crippen MR) is 80.3 cm³/mol. The van der Waals surface area contributed by atoms with E-state index in [0.29, 0.717) is 18.0 Å². The average molecular weight is 287 g/mol. The van der Waals surface area contributed by atoms with Gasteiger partial charge in [0.2, 0.25) is 0 Å². The molecule has 0 bridgehead atoms. The normalized spacial score (nSPS) is 15.9. The van der Waals surface area contributed by atoms with E-state index in [0.717, 1.165) is 12.1 Å². The van der Waals surface area contributed by atoms with Gasteiger partial charge in [0.25, 0.3) is 0 Å². The van der Waals surface area contributed by atoms with Crippen LogP contribution in [0, 0.1) is 11.6 Å². The van der Waals surface area contributed by atoms with Crippen LogP contribution in [0.15, 0.2) is 48.5 Å². The third-order valence-corrected chi connectivity index (χ3v) is 4.00. The van der Waals surface area contributed by atoms with Crippen LogP contribution in [0.25, 0.3) is 0 Å². The monoisotopic (exact) mass is 287 g/mol. The molecule has 3 heteroatoms. The molecule has 0 aromatic heterocycles.